The molecule has 2 aromatic heterocycles. The second kappa shape index (κ2) is 6.65. The van der Waals surface area contributed by atoms with Gasteiger partial charge in [-0.25, -0.2) is 4.79 Å². The van der Waals surface area contributed by atoms with Crippen molar-refractivity contribution in [1.82, 2.24) is 25.1 Å². The lowest BCUT2D eigenvalue weighted by Gasteiger charge is -2.38. The zero-order chi connectivity index (χ0) is 19.2. The maximum absolute atomic E-state index is 12.0. The van der Waals surface area contributed by atoms with Gasteiger partial charge in [0.2, 0.25) is 0 Å². The number of hydrogen-bond acceptors (Lipinski definition) is 6. The fourth-order valence-corrected chi connectivity index (χ4v) is 3.66. The molecule has 0 aromatic carbocycles. The lowest BCUT2D eigenvalue weighted by Crippen LogP contribution is -2.50. The van der Waals surface area contributed by atoms with Crippen LogP contribution in [0.4, 0.5) is 10.6 Å². The standard InChI is InChI=1S/C19H28N6O2/c1-12-11-14(20-18(26)27-19(2,3)4)9-10-24(12)16-8-7-15-21-22-17(13-5-6-13)25(15)23-16/h7-8,12-14H,5-6,9-11H2,1-4H3,(H,20,26). The highest BCUT2D eigenvalue weighted by atomic mass is 16.6. The van der Waals surface area contributed by atoms with Crippen LogP contribution in [0.5, 0.6) is 0 Å². The molecule has 0 radical (unpaired) electrons. The van der Waals surface area contributed by atoms with Gasteiger partial charge in [-0.3, -0.25) is 0 Å². The number of anilines is 1. The average molecular weight is 372 g/mol. The number of nitrogens with one attached hydrogen (secondary N) is 1. The number of alkyl carbamates (subject to hydrolysis) is 1. The van der Waals surface area contributed by atoms with Gasteiger partial charge in [0.25, 0.3) is 0 Å². The number of carbonyl (C=O) groups excluding carboxylic acids is 1. The molecule has 3 heterocycles. The monoisotopic (exact) mass is 372 g/mol. The van der Waals surface area contributed by atoms with Crippen LogP contribution in [0.3, 0.4) is 0 Å². The van der Waals surface area contributed by atoms with Gasteiger partial charge in [-0.05, 0) is 65.5 Å². The van der Waals surface area contributed by atoms with Crippen molar-refractivity contribution in [3.63, 3.8) is 0 Å². The van der Waals surface area contributed by atoms with Crippen molar-refractivity contribution in [1.29, 1.82) is 0 Å². The molecule has 1 saturated carbocycles. The second-order valence-corrected chi connectivity index (χ2v) is 8.70. The molecular weight excluding hydrogens is 344 g/mol. The van der Waals surface area contributed by atoms with Gasteiger partial charge in [-0.1, -0.05) is 0 Å². The third kappa shape index (κ3) is 3.99. The molecule has 2 unspecified atom stereocenters. The Hall–Kier alpha value is -2.38. The number of ether oxygens (including phenoxy) is 1. The summed E-state index contributed by atoms with van der Waals surface area (Å²) in [5, 5.41) is 16.3. The number of hydrogen-bond donors (Lipinski definition) is 1. The van der Waals surface area contributed by atoms with Crippen molar-refractivity contribution >= 4 is 17.6 Å². The number of fused-ring (bicyclic) bond motifs is 1. The number of carbonyl (C=O) groups is 1. The van der Waals surface area contributed by atoms with Gasteiger partial charge in [0.05, 0.1) is 0 Å². The number of amides is 1. The van der Waals surface area contributed by atoms with E-state index in [9.17, 15) is 4.79 Å². The SMILES string of the molecule is CC1CC(NC(=O)OC(C)(C)C)CCN1c1ccc2nnc(C3CC3)n2n1. The Balaban J connectivity index is 1.43. The van der Waals surface area contributed by atoms with Crippen LogP contribution in [-0.4, -0.2) is 50.1 Å². The molecule has 27 heavy (non-hydrogen) atoms. The van der Waals surface area contributed by atoms with E-state index in [1.165, 1.54) is 12.8 Å². The minimum Gasteiger partial charge on any atom is -0.444 e. The molecule has 1 saturated heterocycles. The minimum absolute atomic E-state index is 0.117. The summed E-state index contributed by atoms with van der Waals surface area (Å²) in [6, 6.07) is 4.38. The normalized spacial score (nSPS) is 23.5. The van der Waals surface area contributed by atoms with Crippen molar-refractivity contribution in [3.8, 4) is 0 Å². The van der Waals surface area contributed by atoms with E-state index in [1.807, 2.05) is 37.4 Å². The molecule has 4 rings (SSSR count). The summed E-state index contributed by atoms with van der Waals surface area (Å²) in [5.41, 5.74) is 0.322. The van der Waals surface area contributed by atoms with E-state index in [-0.39, 0.29) is 18.2 Å². The summed E-state index contributed by atoms with van der Waals surface area (Å²) >= 11 is 0. The molecule has 1 aliphatic carbocycles. The second-order valence-electron chi connectivity index (χ2n) is 8.70. The lowest BCUT2D eigenvalue weighted by molar-refractivity contribution is 0.0494. The maximum atomic E-state index is 12.0. The first-order chi connectivity index (χ1) is 12.8. The molecule has 8 nitrogen and oxygen atoms in total. The quantitative estimate of drug-likeness (QED) is 0.892. The van der Waals surface area contributed by atoms with E-state index < -0.39 is 5.60 Å². The smallest absolute Gasteiger partial charge is 0.407 e. The fraction of sp³-hybridized carbons (Fsp3) is 0.684. The first kappa shape index (κ1) is 18.0. The molecule has 2 aliphatic rings. The van der Waals surface area contributed by atoms with Crippen LogP contribution in [0.15, 0.2) is 12.1 Å². The zero-order valence-electron chi connectivity index (χ0n) is 16.5. The molecule has 0 spiro atoms. The Kier molecular flexibility index (Phi) is 4.44. The van der Waals surface area contributed by atoms with Crippen molar-refractivity contribution in [2.75, 3.05) is 11.4 Å². The Morgan fingerprint density at radius 1 is 1.22 bits per heavy atom. The van der Waals surface area contributed by atoms with Crippen LogP contribution in [0, 0.1) is 0 Å². The van der Waals surface area contributed by atoms with Crippen LogP contribution in [0.25, 0.3) is 5.65 Å². The third-order valence-electron chi connectivity index (χ3n) is 5.11. The molecule has 2 atom stereocenters. The average Bonchev–Trinajstić information content (AvgIpc) is 3.32. The number of nitrogens with zero attached hydrogens (tertiary/aromatic N) is 5. The Bertz CT molecular complexity index is 838. The molecular formula is C19H28N6O2. The predicted molar refractivity (Wildman–Crippen MR) is 102 cm³/mol. The first-order valence-corrected chi connectivity index (χ1v) is 9.79. The maximum Gasteiger partial charge on any atom is 0.407 e. The summed E-state index contributed by atoms with van der Waals surface area (Å²) in [6.45, 7) is 8.63. The van der Waals surface area contributed by atoms with Gasteiger partial charge in [0.1, 0.15) is 11.4 Å². The van der Waals surface area contributed by atoms with Crippen molar-refractivity contribution in [3.05, 3.63) is 18.0 Å². The summed E-state index contributed by atoms with van der Waals surface area (Å²) in [7, 11) is 0. The van der Waals surface area contributed by atoms with E-state index in [2.05, 4.69) is 27.3 Å². The summed E-state index contributed by atoms with van der Waals surface area (Å²) in [5.74, 6) is 2.41. The van der Waals surface area contributed by atoms with Gasteiger partial charge in [-0.2, -0.15) is 4.52 Å². The molecule has 8 heteroatoms. The highest BCUT2D eigenvalue weighted by Crippen LogP contribution is 2.38. The fourth-order valence-electron chi connectivity index (χ4n) is 3.66. The van der Waals surface area contributed by atoms with E-state index in [4.69, 9.17) is 9.84 Å². The Morgan fingerprint density at radius 2 is 2.00 bits per heavy atom. The molecule has 146 valence electrons. The van der Waals surface area contributed by atoms with Crippen LogP contribution in [-0.2, 0) is 4.74 Å². The van der Waals surface area contributed by atoms with E-state index >= 15 is 0 Å². The number of rotatable bonds is 3. The van der Waals surface area contributed by atoms with Crippen LogP contribution in [0.2, 0.25) is 0 Å². The van der Waals surface area contributed by atoms with E-state index in [0.717, 1.165) is 36.7 Å². The molecule has 0 bridgehead atoms. The van der Waals surface area contributed by atoms with Crippen LogP contribution >= 0.6 is 0 Å². The van der Waals surface area contributed by atoms with Gasteiger partial charge >= 0.3 is 6.09 Å². The first-order valence-electron chi connectivity index (χ1n) is 9.79. The van der Waals surface area contributed by atoms with Gasteiger partial charge in [-0.15, -0.1) is 15.3 Å². The summed E-state index contributed by atoms with van der Waals surface area (Å²) < 4.78 is 7.27. The van der Waals surface area contributed by atoms with Gasteiger partial charge < -0.3 is 15.0 Å². The number of aromatic nitrogens is 4. The highest BCUT2D eigenvalue weighted by molar-refractivity contribution is 5.68. The van der Waals surface area contributed by atoms with E-state index in [0.29, 0.717) is 5.92 Å². The molecule has 2 aromatic rings. The topological polar surface area (TPSA) is 84.6 Å². The lowest BCUT2D eigenvalue weighted by atomic mass is 9.98. The van der Waals surface area contributed by atoms with Gasteiger partial charge in [0, 0.05) is 24.5 Å². The van der Waals surface area contributed by atoms with Crippen molar-refractivity contribution in [2.24, 2.45) is 0 Å². The predicted octanol–water partition coefficient (Wildman–Crippen LogP) is 2.88. The van der Waals surface area contributed by atoms with Crippen molar-refractivity contribution < 1.29 is 9.53 Å². The molecule has 1 amide bonds. The largest absolute Gasteiger partial charge is 0.444 e. The summed E-state index contributed by atoms with van der Waals surface area (Å²) in [4.78, 5) is 14.3. The van der Waals surface area contributed by atoms with Crippen LogP contribution in [0.1, 0.15) is 65.1 Å². The Morgan fingerprint density at radius 3 is 2.67 bits per heavy atom. The summed E-state index contributed by atoms with van der Waals surface area (Å²) in [6.07, 6.45) is 3.72. The Labute approximate surface area is 159 Å². The van der Waals surface area contributed by atoms with E-state index in [1.54, 1.807) is 0 Å². The van der Waals surface area contributed by atoms with Gasteiger partial charge in [0.15, 0.2) is 11.5 Å². The van der Waals surface area contributed by atoms with Crippen LogP contribution < -0.4 is 10.2 Å². The van der Waals surface area contributed by atoms with Crippen molar-refractivity contribution in [2.45, 2.75) is 77.0 Å². The molecule has 1 N–H and O–H groups in total. The minimum atomic E-state index is -0.478. The highest BCUT2D eigenvalue weighted by Gasteiger charge is 2.31. The molecule has 2 fully saturated rings. The molecule has 1 aliphatic heterocycles. The number of piperidine rings is 1. The zero-order valence-corrected chi connectivity index (χ0v) is 16.5. The third-order valence-corrected chi connectivity index (χ3v) is 5.11.